The number of ether oxygens (including phenoxy) is 1. The second-order valence-electron chi connectivity index (χ2n) is 5.03. The molecule has 2 aromatic rings. The topological polar surface area (TPSA) is 139 Å². The molecule has 120 valence electrons. The second-order valence-corrected chi connectivity index (χ2v) is 5.03. The smallest absolute Gasteiger partial charge is 0.280 e. The first-order valence-corrected chi connectivity index (χ1v) is 6.32. The second kappa shape index (κ2) is 4.97. The number of hydrogen-bond donors (Lipinski definition) is 4. The van der Waals surface area contributed by atoms with Crippen LogP contribution in [0.5, 0.6) is 0 Å². The van der Waals surface area contributed by atoms with Gasteiger partial charge in [0.1, 0.15) is 12.8 Å². The van der Waals surface area contributed by atoms with Gasteiger partial charge in [-0.15, -0.1) is 0 Å². The van der Waals surface area contributed by atoms with Crippen LogP contribution < -0.4 is 11.3 Å². The van der Waals surface area contributed by atoms with Gasteiger partial charge in [-0.25, -0.2) is 13.8 Å². The molecule has 22 heavy (non-hydrogen) atoms. The summed E-state index contributed by atoms with van der Waals surface area (Å²) in [6, 6.07) is 0. The molecule has 0 unspecified atom stereocenters. The van der Waals surface area contributed by atoms with E-state index >= 15 is 0 Å². The predicted octanol–water partition coefficient (Wildman–Crippen LogP) is -1.37. The van der Waals surface area contributed by atoms with Crippen molar-refractivity contribution >= 4 is 17.1 Å². The summed E-state index contributed by atoms with van der Waals surface area (Å²) in [6.07, 6.45) is -4.37. The normalized spacial score (nSPS) is 31.9. The number of hydrogen-bond acceptors (Lipinski definition) is 7. The number of aliphatic hydroxyl groups is 2. The number of nitrogens with zero attached hydrogens (tertiary/aromatic N) is 3. The van der Waals surface area contributed by atoms with E-state index in [1.54, 1.807) is 0 Å². The van der Waals surface area contributed by atoms with Crippen molar-refractivity contribution in [2.75, 3.05) is 19.0 Å². The third kappa shape index (κ3) is 1.90. The van der Waals surface area contributed by atoms with Crippen LogP contribution in [0.25, 0.3) is 11.2 Å². The van der Waals surface area contributed by atoms with Gasteiger partial charge in [0.2, 0.25) is 5.95 Å². The molecule has 9 nitrogen and oxygen atoms in total. The number of aliphatic hydroxyl groups excluding tert-OH is 2. The Balaban J connectivity index is 2.11. The van der Waals surface area contributed by atoms with Crippen LogP contribution in [0, 0.1) is 0 Å². The molecule has 0 saturated carbocycles. The number of nitrogens with two attached hydrogens (primary N) is 1. The number of rotatable bonds is 3. The van der Waals surface area contributed by atoms with E-state index in [1.807, 2.05) is 0 Å². The minimum atomic E-state index is -2.08. The molecule has 2 aromatic heterocycles. The Hall–Kier alpha value is -2.11. The maximum absolute atomic E-state index is 14.3. The zero-order chi connectivity index (χ0) is 16.1. The third-order valence-electron chi connectivity index (χ3n) is 3.69. The average molecular weight is 317 g/mol. The summed E-state index contributed by atoms with van der Waals surface area (Å²) in [4.78, 5) is 21.5. The summed E-state index contributed by atoms with van der Waals surface area (Å²) in [5, 5.41) is 19.0. The molecule has 0 radical (unpaired) electrons. The summed E-state index contributed by atoms with van der Waals surface area (Å²) < 4.78 is 33.6. The zero-order valence-corrected chi connectivity index (χ0v) is 11.1. The number of aromatic amines is 1. The number of halogens is 2. The Labute approximate surface area is 121 Å². The first-order chi connectivity index (χ1) is 10.4. The summed E-state index contributed by atoms with van der Waals surface area (Å²) in [5.74, 6) is -0.216. The van der Waals surface area contributed by atoms with Crippen molar-refractivity contribution in [1.82, 2.24) is 19.5 Å². The molecule has 1 aliphatic rings. The summed E-state index contributed by atoms with van der Waals surface area (Å²) in [6.45, 7) is -2.20. The van der Waals surface area contributed by atoms with E-state index in [4.69, 9.17) is 10.5 Å². The van der Waals surface area contributed by atoms with Gasteiger partial charge in [-0.1, -0.05) is 0 Å². The van der Waals surface area contributed by atoms with Gasteiger partial charge < -0.3 is 20.7 Å². The van der Waals surface area contributed by atoms with Crippen LogP contribution in [0.1, 0.15) is 6.23 Å². The number of nitrogens with one attached hydrogen (secondary N) is 1. The fraction of sp³-hybridized carbons (Fsp3) is 0.545. The van der Waals surface area contributed by atoms with E-state index in [-0.39, 0.29) is 17.1 Å². The van der Waals surface area contributed by atoms with Crippen LogP contribution in [-0.2, 0) is 4.74 Å². The highest BCUT2D eigenvalue weighted by atomic mass is 19.1. The highest BCUT2D eigenvalue weighted by Gasteiger charge is 2.56. The molecule has 4 atom stereocenters. The number of alkyl halides is 2. The van der Waals surface area contributed by atoms with E-state index in [1.165, 1.54) is 0 Å². The van der Waals surface area contributed by atoms with Crippen LogP contribution >= 0.6 is 0 Å². The lowest BCUT2D eigenvalue weighted by molar-refractivity contribution is -0.136. The van der Waals surface area contributed by atoms with Crippen LogP contribution in [0.4, 0.5) is 14.7 Å². The fourth-order valence-corrected chi connectivity index (χ4v) is 2.44. The minimum Gasteiger partial charge on any atom is -0.393 e. The lowest BCUT2D eigenvalue weighted by Crippen LogP contribution is -2.47. The molecule has 0 aliphatic carbocycles. The van der Waals surface area contributed by atoms with Crippen molar-refractivity contribution in [3.05, 3.63) is 16.7 Å². The van der Waals surface area contributed by atoms with Crippen molar-refractivity contribution in [3.8, 4) is 0 Å². The number of H-pyrrole nitrogens is 1. The van der Waals surface area contributed by atoms with Crippen LogP contribution in [0.2, 0.25) is 0 Å². The molecule has 5 N–H and O–H groups in total. The van der Waals surface area contributed by atoms with Crippen molar-refractivity contribution in [1.29, 1.82) is 0 Å². The van der Waals surface area contributed by atoms with Gasteiger partial charge in [0.05, 0.1) is 12.9 Å². The first kappa shape index (κ1) is 14.8. The van der Waals surface area contributed by atoms with E-state index < -0.39 is 42.9 Å². The van der Waals surface area contributed by atoms with E-state index in [2.05, 4.69) is 15.0 Å². The Kier molecular flexibility index (Phi) is 3.34. The van der Waals surface area contributed by atoms with E-state index in [0.717, 1.165) is 10.9 Å². The molecule has 0 aromatic carbocycles. The summed E-state index contributed by atoms with van der Waals surface area (Å²) in [7, 11) is 0. The summed E-state index contributed by atoms with van der Waals surface area (Å²) in [5.41, 5.74) is 2.54. The predicted molar refractivity (Wildman–Crippen MR) is 69.4 cm³/mol. The van der Waals surface area contributed by atoms with Crippen molar-refractivity contribution in [2.24, 2.45) is 0 Å². The molecule has 0 spiro atoms. The molecule has 1 saturated heterocycles. The Morgan fingerprint density at radius 1 is 1.59 bits per heavy atom. The zero-order valence-electron chi connectivity index (χ0n) is 11.1. The quantitative estimate of drug-likeness (QED) is 0.547. The highest BCUT2D eigenvalue weighted by Crippen LogP contribution is 2.40. The largest absolute Gasteiger partial charge is 0.393 e. The molecule has 3 rings (SSSR count). The fourth-order valence-electron chi connectivity index (χ4n) is 2.44. The Bertz CT molecular complexity index is 759. The van der Waals surface area contributed by atoms with Crippen molar-refractivity contribution < 1.29 is 23.7 Å². The van der Waals surface area contributed by atoms with Gasteiger partial charge in [-0.05, 0) is 0 Å². The number of aromatic nitrogens is 4. The van der Waals surface area contributed by atoms with Crippen LogP contribution in [0.15, 0.2) is 11.1 Å². The molecular formula is C11H13F2N5O4. The third-order valence-corrected chi connectivity index (χ3v) is 3.69. The van der Waals surface area contributed by atoms with Crippen molar-refractivity contribution in [3.63, 3.8) is 0 Å². The van der Waals surface area contributed by atoms with Gasteiger partial charge in [0.15, 0.2) is 29.2 Å². The lowest BCUT2D eigenvalue weighted by atomic mass is 9.98. The monoisotopic (exact) mass is 317 g/mol. The highest BCUT2D eigenvalue weighted by molar-refractivity contribution is 5.70. The molecule has 1 fully saturated rings. The molecule has 11 heteroatoms. The Morgan fingerprint density at radius 3 is 2.91 bits per heavy atom. The number of fused-ring (bicyclic) bond motifs is 1. The van der Waals surface area contributed by atoms with Crippen LogP contribution in [-0.4, -0.2) is 60.9 Å². The average Bonchev–Trinajstić information content (AvgIpc) is 3.01. The first-order valence-electron chi connectivity index (χ1n) is 6.32. The lowest BCUT2D eigenvalue weighted by Gasteiger charge is -2.25. The standard InChI is InChI=1S/C11H13F2N5O4/c12-1-11(2-19)6(20)4(13)9(22-11)18-3-15-5-7(18)16-10(14)17-8(5)21/h3-4,6,9,19-20H,1-2H2,(H3,14,16,17,21)/t4-,6-,9+,11+/m0/s1. The van der Waals surface area contributed by atoms with Gasteiger partial charge in [0, 0.05) is 0 Å². The summed E-state index contributed by atoms with van der Waals surface area (Å²) >= 11 is 0. The molecule has 3 heterocycles. The maximum Gasteiger partial charge on any atom is 0.280 e. The minimum absolute atomic E-state index is 0.0753. The van der Waals surface area contributed by atoms with Crippen LogP contribution in [0.3, 0.4) is 0 Å². The van der Waals surface area contributed by atoms with Gasteiger partial charge in [0.25, 0.3) is 5.56 Å². The number of nitrogen functional groups attached to an aromatic ring is 1. The molecule has 0 amide bonds. The van der Waals surface area contributed by atoms with Gasteiger partial charge in [-0.2, -0.15) is 4.98 Å². The number of anilines is 1. The Morgan fingerprint density at radius 2 is 2.32 bits per heavy atom. The van der Waals surface area contributed by atoms with Gasteiger partial charge in [-0.3, -0.25) is 14.3 Å². The molecule has 1 aliphatic heterocycles. The number of imidazole rings is 1. The molecule has 0 bridgehead atoms. The maximum atomic E-state index is 14.3. The van der Waals surface area contributed by atoms with Gasteiger partial charge >= 0.3 is 0 Å². The SMILES string of the molecule is Nc1nc2c(ncn2[C@@H]2O[C@@](CO)(CF)[C@@H](O)[C@@H]2F)c(=O)[nH]1. The van der Waals surface area contributed by atoms with E-state index in [9.17, 15) is 23.8 Å². The van der Waals surface area contributed by atoms with E-state index in [0.29, 0.717) is 0 Å². The van der Waals surface area contributed by atoms with Crippen molar-refractivity contribution in [2.45, 2.75) is 24.1 Å². The molecular weight excluding hydrogens is 304 g/mol.